The molecule has 148 valence electrons. The maximum atomic E-state index is 10.1. The van der Waals surface area contributed by atoms with Crippen LogP contribution in [-0.2, 0) is 0 Å². The highest BCUT2D eigenvalue weighted by molar-refractivity contribution is 5.93. The lowest BCUT2D eigenvalue weighted by Crippen LogP contribution is -2.32. The van der Waals surface area contributed by atoms with Crippen LogP contribution >= 0.6 is 0 Å². The average molecular weight is 396 g/mol. The average Bonchev–Trinajstić information content (AvgIpc) is 3.18. The molecule has 1 N–H and O–H groups in total. The molecular formula is C22H20N8. The van der Waals surface area contributed by atoms with E-state index in [1.165, 1.54) is 0 Å². The highest BCUT2D eigenvalue weighted by atomic mass is 15.3. The van der Waals surface area contributed by atoms with Crippen molar-refractivity contribution in [3.63, 3.8) is 0 Å². The minimum Gasteiger partial charge on any atom is -0.355 e. The minimum absolute atomic E-state index is 0.0147. The molecule has 0 unspecified atom stereocenters. The Bertz CT molecular complexity index is 1140. The van der Waals surface area contributed by atoms with Gasteiger partial charge in [-0.15, -0.1) is 0 Å². The number of nitrogens with one attached hydrogen (secondary N) is 1. The van der Waals surface area contributed by atoms with Crippen LogP contribution in [0.15, 0.2) is 30.1 Å². The molecule has 1 saturated heterocycles. The first-order valence-electron chi connectivity index (χ1n) is 9.97. The van der Waals surface area contributed by atoms with Crippen LogP contribution < -0.4 is 15.1 Å². The second-order valence-corrected chi connectivity index (χ2v) is 7.09. The summed E-state index contributed by atoms with van der Waals surface area (Å²) in [4.78, 5) is 13.0. The van der Waals surface area contributed by atoms with Gasteiger partial charge in [0.15, 0.2) is 17.2 Å². The zero-order valence-electron chi connectivity index (χ0n) is 16.7. The molecule has 0 aliphatic carbocycles. The molecule has 0 amide bonds. The largest absolute Gasteiger partial charge is 0.355 e. The number of benzene rings is 1. The summed E-state index contributed by atoms with van der Waals surface area (Å²) in [5, 5.41) is 32.4. The van der Waals surface area contributed by atoms with Crippen LogP contribution in [0.5, 0.6) is 0 Å². The fraction of sp³-hybridized carbons (Fsp3) is 0.318. The Kier molecular flexibility index (Phi) is 5.20. The quantitative estimate of drug-likeness (QED) is 0.785. The molecule has 0 saturated carbocycles. The smallest absolute Gasteiger partial charge is 0.179 e. The van der Waals surface area contributed by atoms with Crippen molar-refractivity contribution in [1.29, 1.82) is 15.8 Å². The van der Waals surface area contributed by atoms with Crippen molar-refractivity contribution >= 4 is 22.8 Å². The number of aromatic nitrogens is 2. The third kappa shape index (κ3) is 3.17. The van der Waals surface area contributed by atoms with Crippen molar-refractivity contribution in [1.82, 2.24) is 9.97 Å². The molecular weight excluding hydrogens is 376 g/mol. The predicted octanol–water partition coefficient (Wildman–Crippen LogP) is 3.35. The number of allylic oxidation sites excluding steroid dienone is 1. The Morgan fingerprint density at radius 3 is 2.40 bits per heavy atom. The maximum absolute atomic E-state index is 10.1. The van der Waals surface area contributed by atoms with Crippen LogP contribution in [0.1, 0.15) is 43.3 Å². The number of nitriles is 3. The zero-order chi connectivity index (χ0) is 21.1. The summed E-state index contributed by atoms with van der Waals surface area (Å²) >= 11 is 0. The lowest BCUT2D eigenvalue weighted by molar-refractivity contribution is 0.572. The van der Waals surface area contributed by atoms with Crippen LogP contribution in [0.2, 0.25) is 0 Å². The van der Waals surface area contributed by atoms with Gasteiger partial charge in [-0.25, -0.2) is 9.97 Å². The molecule has 1 aromatic heterocycles. The number of nitrogens with zero attached hydrogens (tertiary/aromatic N) is 7. The van der Waals surface area contributed by atoms with Crippen LogP contribution in [-0.4, -0.2) is 29.6 Å². The summed E-state index contributed by atoms with van der Waals surface area (Å²) in [6.07, 6.45) is 3.14. The number of hydrogen-bond acceptors (Lipinski definition) is 8. The zero-order valence-corrected chi connectivity index (χ0v) is 16.7. The second-order valence-electron chi connectivity index (χ2n) is 7.09. The van der Waals surface area contributed by atoms with E-state index in [1.54, 1.807) is 0 Å². The van der Waals surface area contributed by atoms with Crippen molar-refractivity contribution in [2.75, 3.05) is 34.8 Å². The third-order valence-corrected chi connectivity index (χ3v) is 5.36. The van der Waals surface area contributed by atoms with Gasteiger partial charge in [0.1, 0.15) is 35.3 Å². The van der Waals surface area contributed by atoms with Crippen molar-refractivity contribution < 1.29 is 0 Å². The number of para-hydroxylation sites is 2. The molecule has 0 spiro atoms. The van der Waals surface area contributed by atoms with Gasteiger partial charge in [0.2, 0.25) is 0 Å². The van der Waals surface area contributed by atoms with Crippen molar-refractivity contribution in [2.45, 2.75) is 26.2 Å². The monoisotopic (exact) mass is 396 g/mol. The molecule has 2 aliphatic rings. The normalized spacial score (nSPS) is 16.7. The van der Waals surface area contributed by atoms with Gasteiger partial charge >= 0.3 is 0 Å². The van der Waals surface area contributed by atoms with E-state index in [0.29, 0.717) is 29.5 Å². The van der Waals surface area contributed by atoms with Gasteiger partial charge in [-0.1, -0.05) is 12.1 Å². The fourth-order valence-electron chi connectivity index (χ4n) is 3.95. The van der Waals surface area contributed by atoms with Crippen molar-refractivity contribution in [3.8, 4) is 18.2 Å². The molecule has 3 heterocycles. The van der Waals surface area contributed by atoms with E-state index in [1.807, 2.05) is 48.2 Å². The first-order chi connectivity index (χ1) is 14.7. The Morgan fingerprint density at radius 1 is 1.03 bits per heavy atom. The highest BCUT2D eigenvalue weighted by Gasteiger charge is 2.30. The Balaban J connectivity index is 1.94. The molecule has 2 aromatic rings. The summed E-state index contributed by atoms with van der Waals surface area (Å²) < 4.78 is 0. The van der Waals surface area contributed by atoms with Crippen molar-refractivity contribution in [2.24, 2.45) is 0 Å². The molecule has 0 atom stereocenters. The van der Waals surface area contributed by atoms with Crippen molar-refractivity contribution in [3.05, 3.63) is 47.2 Å². The van der Waals surface area contributed by atoms with Gasteiger partial charge in [-0.3, -0.25) is 0 Å². The van der Waals surface area contributed by atoms with E-state index >= 15 is 0 Å². The fourth-order valence-corrected chi connectivity index (χ4v) is 3.95. The summed E-state index contributed by atoms with van der Waals surface area (Å²) in [5.41, 5.74) is 2.44. The molecule has 2 aliphatic heterocycles. The van der Waals surface area contributed by atoms with Crippen LogP contribution in [0.4, 0.5) is 17.2 Å². The molecule has 1 aromatic carbocycles. The first kappa shape index (κ1) is 19.2. The van der Waals surface area contributed by atoms with Gasteiger partial charge in [0.05, 0.1) is 11.4 Å². The topological polar surface area (TPSA) is 116 Å². The summed E-state index contributed by atoms with van der Waals surface area (Å²) in [6, 6.07) is 14.0. The van der Waals surface area contributed by atoms with Gasteiger partial charge in [-0.05, 0) is 38.3 Å². The van der Waals surface area contributed by atoms with E-state index < -0.39 is 0 Å². The van der Waals surface area contributed by atoms with Crippen LogP contribution in [0, 0.1) is 34.0 Å². The van der Waals surface area contributed by atoms with Crippen LogP contribution in [0.25, 0.3) is 5.57 Å². The summed E-state index contributed by atoms with van der Waals surface area (Å²) in [7, 11) is 0. The third-order valence-electron chi connectivity index (χ3n) is 5.36. The standard InChI is InChI=1S/C22H20N8/c1-2-30-19-9-5-4-8-16(19)27-21(30)15(12-23)20-22(29-10-6-3-7-11-29)28-18(14-25)17(13-24)26-20/h4-5,8-9,27H,2-3,6-7,10-11H2,1H3/b21-15+. The van der Waals surface area contributed by atoms with E-state index in [-0.39, 0.29) is 11.4 Å². The second kappa shape index (κ2) is 8.11. The van der Waals surface area contributed by atoms with Gasteiger partial charge in [0.25, 0.3) is 0 Å². The predicted molar refractivity (Wildman–Crippen MR) is 113 cm³/mol. The van der Waals surface area contributed by atoms with E-state index in [0.717, 1.165) is 43.7 Å². The van der Waals surface area contributed by atoms with Gasteiger partial charge in [-0.2, -0.15) is 15.8 Å². The molecule has 1 fully saturated rings. The highest BCUT2D eigenvalue weighted by Crippen LogP contribution is 2.40. The SMILES string of the molecule is CCN1/C(=C(\C#N)c2nc(C#N)c(C#N)nc2N2CCCCC2)Nc2ccccc21. The Morgan fingerprint density at radius 2 is 1.73 bits per heavy atom. The molecule has 8 nitrogen and oxygen atoms in total. The van der Waals surface area contributed by atoms with E-state index in [9.17, 15) is 15.8 Å². The molecule has 0 radical (unpaired) electrons. The molecule has 8 heteroatoms. The maximum Gasteiger partial charge on any atom is 0.179 e. The molecule has 30 heavy (non-hydrogen) atoms. The summed E-state index contributed by atoms with van der Waals surface area (Å²) in [6.45, 7) is 4.21. The van der Waals surface area contributed by atoms with E-state index in [2.05, 4.69) is 26.3 Å². The number of hydrogen-bond donors (Lipinski definition) is 1. The molecule has 4 rings (SSSR count). The van der Waals surface area contributed by atoms with Crippen LogP contribution in [0.3, 0.4) is 0 Å². The number of piperidine rings is 1. The van der Waals surface area contributed by atoms with Gasteiger partial charge < -0.3 is 15.1 Å². The van der Waals surface area contributed by atoms with Gasteiger partial charge in [0, 0.05) is 19.6 Å². The molecule has 0 bridgehead atoms. The first-order valence-corrected chi connectivity index (χ1v) is 9.97. The number of anilines is 3. The Labute approximate surface area is 175 Å². The number of rotatable bonds is 3. The minimum atomic E-state index is -0.0693. The lowest BCUT2D eigenvalue weighted by atomic mass is 10.1. The Hall–Kier alpha value is -4.09. The number of fused-ring (bicyclic) bond motifs is 1. The summed E-state index contributed by atoms with van der Waals surface area (Å²) in [5.74, 6) is 1.10. The lowest BCUT2D eigenvalue weighted by Gasteiger charge is -2.29. The van der Waals surface area contributed by atoms with E-state index in [4.69, 9.17) is 0 Å².